The van der Waals surface area contributed by atoms with E-state index in [1.807, 2.05) is 0 Å². The van der Waals surface area contributed by atoms with Crippen LogP contribution in [0.3, 0.4) is 0 Å². The third kappa shape index (κ3) is 6.92. The minimum atomic E-state index is -4.70. The number of benzene rings is 2. The van der Waals surface area contributed by atoms with E-state index in [1.165, 1.54) is 12.1 Å². The van der Waals surface area contributed by atoms with E-state index in [2.05, 4.69) is 0 Å². The summed E-state index contributed by atoms with van der Waals surface area (Å²) in [6.07, 6.45) is -0.0262. The van der Waals surface area contributed by atoms with Crippen LogP contribution in [0.2, 0.25) is 0 Å². The molecule has 0 radical (unpaired) electrons. The molecule has 1 aliphatic heterocycles. The lowest BCUT2D eigenvalue weighted by Crippen LogP contribution is -2.54. The summed E-state index contributed by atoms with van der Waals surface area (Å²) in [6, 6.07) is 7.28. The van der Waals surface area contributed by atoms with E-state index in [0.717, 1.165) is 31.0 Å². The molecule has 1 heterocycles. The maximum absolute atomic E-state index is 15.7. The first-order valence-electron chi connectivity index (χ1n) is 14.8. The van der Waals surface area contributed by atoms with E-state index in [0.29, 0.717) is 51.7 Å². The first kappa shape index (κ1) is 32.2. The average molecular weight is 596 g/mol. The van der Waals surface area contributed by atoms with Crippen LogP contribution in [0, 0.1) is 11.7 Å². The van der Waals surface area contributed by atoms with Gasteiger partial charge >= 0.3 is 6.18 Å². The molecule has 1 saturated carbocycles. The SMILES string of the molecule is CCOc1cc(-c2c(F)cccc2[C@@](O)(CCCCOC)[C@@H]2CCCN(C(=O)C3(O)CCCC3)C2)cc(C(F)(F)F)c1. The number of rotatable bonds is 11. The molecule has 2 fully saturated rings. The third-order valence-electron chi connectivity index (χ3n) is 8.68. The second-order valence-electron chi connectivity index (χ2n) is 11.5. The average Bonchev–Trinajstić information content (AvgIpc) is 3.42. The van der Waals surface area contributed by atoms with Crippen molar-refractivity contribution in [3.05, 3.63) is 53.3 Å². The fourth-order valence-electron chi connectivity index (χ4n) is 6.55. The van der Waals surface area contributed by atoms with Crippen molar-refractivity contribution in [3.8, 4) is 16.9 Å². The monoisotopic (exact) mass is 595 g/mol. The largest absolute Gasteiger partial charge is 0.494 e. The Morgan fingerprint density at radius 2 is 1.86 bits per heavy atom. The van der Waals surface area contributed by atoms with Crippen molar-refractivity contribution in [1.82, 2.24) is 4.90 Å². The number of aliphatic hydroxyl groups is 2. The minimum absolute atomic E-state index is 0.0549. The zero-order valence-electron chi connectivity index (χ0n) is 24.3. The molecule has 2 atom stereocenters. The highest BCUT2D eigenvalue weighted by molar-refractivity contribution is 5.85. The minimum Gasteiger partial charge on any atom is -0.494 e. The van der Waals surface area contributed by atoms with Crippen LogP contribution in [0.15, 0.2) is 36.4 Å². The molecule has 232 valence electrons. The van der Waals surface area contributed by atoms with Gasteiger partial charge in [0.25, 0.3) is 5.91 Å². The quantitative estimate of drug-likeness (QED) is 0.230. The summed E-state index contributed by atoms with van der Waals surface area (Å²) in [5, 5.41) is 23.5. The highest BCUT2D eigenvalue weighted by atomic mass is 19.4. The number of nitrogens with zero attached hydrogens (tertiary/aromatic N) is 1. The number of piperidine rings is 1. The molecule has 0 aromatic heterocycles. The Morgan fingerprint density at radius 1 is 1.12 bits per heavy atom. The van der Waals surface area contributed by atoms with E-state index in [9.17, 15) is 28.2 Å². The number of hydrogen-bond acceptors (Lipinski definition) is 5. The Bertz CT molecular complexity index is 1230. The second-order valence-corrected chi connectivity index (χ2v) is 11.5. The maximum atomic E-state index is 15.7. The van der Waals surface area contributed by atoms with Gasteiger partial charge in [0.1, 0.15) is 17.2 Å². The first-order chi connectivity index (χ1) is 19.9. The van der Waals surface area contributed by atoms with Crippen LogP contribution in [0.4, 0.5) is 17.6 Å². The Labute approximate surface area is 244 Å². The maximum Gasteiger partial charge on any atom is 0.416 e. The van der Waals surface area contributed by atoms with Crippen LogP contribution >= 0.6 is 0 Å². The summed E-state index contributed by atoms with van der Waals surface area (Å²) in [5.74, 6) is -1.72. The lowest BCUT2D eigenvalue weighted by Gasteiger charge is -2.45. The van der Waals surface area contributed by atoms with Crippen LogP contribution in [0.25, 0.3) is 11.1 Å². The standard InChI is InChI=1S/C32H41F4NO5/c1-3-42-25-19-22(18-24(20-25)32(34,35)36)28-26(11-8-12-27(28)33)31(40,15-6-7-17-41-2)23-10-9-16-37(21-23)29(38)30(39)13-4-5-14-30/h8,11-12,18-20,23,39-40H,3-7,9-10,13-17,21H2,1-2H3/t23-,31-/m1/s1. The number of alkyl halides is 3. The molecule has 1 amide bonds. The van der Waals surface area contributed by atoms with Gasteiger partial charge in [0.15, 0.2) is 0 Å². The topological polar surface area (TPSA) is 79.2 Å². The van der Waals surface area contributed by atoms with Gasteiger partial charge in [0.2, 0.25) is 0 Å². The van der Waals surface area contributed by atoms with E-state index >= 15 is 4.39 Å². The van der Waals surface area contributed by atoms with Crippen molar-refractivity contribution >= 4 is 5.91 Å². The number of hydrogen-bond donors (Lipinski definition) is 2. The normalized spacial score (nSPS) is 20.4. The van der Waals surface area contributed by atoms with Crippen molar-refractivity contribution in [2.45, 2.75) is 82.1 Å². The molecule has 0 spiro atoms. The molecule has 1 saturated heterocycles. The fraction of sp³-hybridized carbons (Fsp3) is 0.594. The molecule has 0 bridgehead atoms. The van der Waals surface area contributed by atoms with Gasteiger partial charge < -0.3 is 24.6 Å². The van der Waals surface area contributed by atoms with E-state index < -0.39 is 34.7 Å². The predicted molar refractivity (Wildman–Crippen MR) is 150 cm³/mol. The van der Waals surface area contributed by atoms with Gasteiger partial charge in [0.05, 0.1) is 17.8 Å². The summed E-state index contributed by atoms with van der Waals surface area (Å²) in [6.45, 7) is 2.78. The molecule has 0 unspecified atom stereocenters. The lowest BCUT2D eigenvalue weighted by atomic mass is 9.71. The molecular formula is C32H41F4NO5. The lowest BCUT2D eigenvalue weighted by molar-refractivity contribution is -0.155. The van der Waals surface area contributed by atoms with Crippen molar-refractivity contribution in [2.75, 3.05) is 33.4 Å². The summed E-state index contributed by atoms with van der Waals surface area (Å²) >= 11 is 0. The van der Waals surface area contributed by atoms with Gasteiger partial charge in [-0.2, -0.15) is 13.2 Å². The summed E-state index contributed by atoms with van der Waals surface area (Å²) in [5.41, 5.74) is -4.10. The number of ether oxygens (including phenoxy) is 2. The highest BCUT2D eigenvalue weighted by Gasteiger charge is 2.47. The third-order valence-corrected chi connectivity index (χ3v) is 8.68. The van der Waals surface area contributed by atoms with Crippen molar-refractivity contribution in [3.63, 3.8) is 0 Å². The number of carbonyl (C=O) groups is 1. The van der Waals surface area contributed by atoms with Gasteiger partial charge in [-0.1, -0.05) is 12.1 Å². The number of carbonyl (C=O) groups excluding carboxylic acids is 1. The zero-order chi connectivity index (χ0) is 30.5. The van der Waals surface area contributed by atoms with Crippen LogP contribution in [-0.4, -0.2) is 60.0 Å². The van der Waals surface area contributed by atoms with Crippen LogP contribution in [0.1, 0.15) is 75.8 Å². The summed E-state index contributed by atoms with van der Waals surface area (Å²) < 4.78 is 68.0. The first-order valence-corrected chi connectivity index (χ1v) is 14.8. The molecule has 10 heteroatoms. The Balaban J connectivity index is 1.80. The molecule has 4 rings (SSSR count). The molecule has 2 aliphatic rings. The van der Waals surface area contributed by atoms with Crippen LogP contribution in [-0.2, 0) is 21.3 Å². The van der Waals surface area contributed by atoms with E-state index in [-0.39, 0.29) is 47.9 Å². The fourth-order valence-corrected chi connectivity index (χ4v) is 6.55. The van der Waals surface area contributed by atoms with Gasteiger partial charge in [-0.3, -0.25) is 4.79 Å². The van der Waals surface area contributed by atoms with Gasteiger partial charge in [-0.05, 0) is 100 Å². The molecule has 6 nitrogen and oxygen atoms in total. The van der Waals surface area contributed by atoms with E-state index in [1.54, 1.807) is 25.0 Å². The van der Waals surface area contributed by atoms with Crippen molar-refractivity contribution < 1.29 is 42.0 Å². The molecule has 1 aliphatic carbocycles. The highest BCUT2D eigenvalue weighted by Crippen LogP contribution is 2.46. The molecule has 42 heavy (non-hydrogen) atoms. The van der Waals surface area contributed by atoms with Gasteiger partial charge in [-0.15, -0.1) is 0 Å². The zero-order valence-corrected chi connectivity index (χ0v) is 24.3. The molecule has 2 aromatic rings. The van der Waals surface area contributed by atoms with Crippen LogP contribution in [0.5, 0.6) is 5.75 Å². The van der Waals surface area contributed by atoms with Crippen LogP contribution < -0.4 is 4.74 Å². The number of likely N-dealkylation sites (tertiary alicyclic amines) is 1. The smallest absolute Gasteiger partial charge is 0.416 e. The summed E-state index contributed by atoms with van der Waals surface area (Å²) in [7, 11) is 1.57. The van der Waals surface area contributed by atoms with Crippen molar-refractivity contribution in [2.24, 2.45) is 5.92 Å². The molecular weight excluding hydrogens is 554 g/mol. The second kappa shape index (κ2) is 13.3. The number of methoxy groups -OCH3 is 1. The number of unbranched alkanes of at least 4 members (excludes halogenated alkanes) is 1. The Morgan fingerprint density at radius 3 is 2.52 bits per heavy atom. The predicted octanol–water partition coefficient (Wildman–Crippen LogP) is 6.46. The Kier molecular flexibility index (Phi) is 10.2. The Hall–Kier alpha value is -2.69. The number of halogens is 4. The molecule has 2 N–H and O–H groups in total. The number of amides is 1. The summed E-state index contributed by atoms with van der Waals surface area (Å²) in [4.78, 5) is 15.0. The van der Waals surface area contributed by atoms with Crippen molar-refractivity contribution in [1.29, 1.82) is 0 Å². The van der Waals surface area contributed by atoms with Gasteiger partial charge in [0, 0.05) is 38.3 Å². The van der Waals surface area contributed by atoms with E-state index in [4.69, 9.17) is 9.47 Å². The molecule has 2 aromatic carbocycles. The van der Waals surface area contributed by atoms with Gasteiger partial charge in [-0.25, -0.2) is 4.39 Å².